The molecule has 1 aromatic heterocycles. The summed E-state index contributed by atoms with van der Waals surface area (Å²) in [6.07, 6.45) is 3.58. The first kappa shape index (κ1) is 19.7. The molecular formula is C22H19Cl2N3O2. The minimum absolute atomic E-state index is 0.0235. The number of rotatable bonds is 3. The number of nitrogens with zero attached hydrogens (tertiary/aromatic N) is 1. The minimum atomic E-state index is -0.589. The van der Waals surface area contributed by atoms with Gasteiger partial charge in [0.2, 0.25) is 0 Å². The summed E-state index contributed by atoms with van der Waals surface area (Å²) in [5.74, 6) is -0.465. The van der Waals surface area contributed by atoms with Crippen molar-refractivity contribution in [1.82, 2.24) is 10.3 Å². The highest BCUT2D eigenvalue weighted by Gasteiger charge is 2.39. The summed E-state index contributed by atoms with van der Waals surface area (Å²) < 4.78 is 0. The Bertz CT molecular complexity index is 1060. The Morgan fingerprint density at radius 1 is 1.17 bits per heavy atom. The van der Waals surface area contributed by atoms with Gasteiger partial charge in [-0.15, -0.1) is 0 Å². The van der Waals surface area contributed by atoms with Crippen LogP contribution in [0.25, 0.3) is 0 Å². The van der Waals surface area contributed by atoms with Crippen LogP contribution in [0.1, 0.15) is 37.7 Å². The van der Waals surface area contributed by atoms with E-state index in [-0.39, 0.29) is 11.7 Å². The fourth-order valence-corrected chi connectivity index (χ4v) is 4.38. The van der Waals surface area contributed by atoms with Gasteiger partial charge in [0.25, 0.3) is 5.91 Å². The molecule has 29 heavy (non-hydrogen) atoms. The zero-order chi connectivity index (χ0) is 20.5. The second kappa shape index (κ2) is 8.01. The zero-order valence-electron chi connectivity index (χ0n) is 15.8. The molecule has 2 aliphatic rings. The molecule has 7 heteroatoms. The van der Waals surface area contributed by atoms with Gasteiger partial charge in [0.15, 0.2) is 5.78 Å². The van der Waals surface area contributed by atoms with Gasteiger partial charge in [-0.05, 0) is 43.5 Å². The van der Waals surface area contributed by atoms with Gasteiger partial charge in [-0.3, -0.25) is 9.59 Å². The van der Waals surface area contributed by atoms with E-state index in [4.69, 9.17) is 23.2 Å². The van der Waals surface area contributed by atoms with Gasteiger partial charge >= 0.3 is 0 Å². The average Bonchev–Trinajstić information content (AvgIpc) is 2.70. The molecule has 4 rings (SSSR count). The Kier molecular flexibility index (Phi) is 5.43. The summed E-state index contributed by atoms with van der Waals surface area (Å²) in [5, 5.41) is 6.84. The molecule has 1 amide bonds. The first-order chi connectivity index (χ1) is 14.0. The number of pyridine rings is 1. The summed E-state index contributed by atoms with van der Waals surface area (Å²) in [6, 6.07) is 10.6. The maximum absolute atomic E-state index is 13.3. The number of carbonyl (C=O) groups is 2. The molecule has 0 saturated carbocycles. The summed E-state index contributed by atoms with van der Waals surface area (Å²) in [7, 11) is 0. The molecule has 2 heterocycles. The number of halogens is 2. The van der Waals surface area contributed by atoms with Crippen molar-refractivity contribution in [3.63, 3.8) is 0 Å². The van der Waals surface area contributed by atoms with Gasteiger partial charge in [0.05, 0.1) is 10.0 Å². The Labute approximate surface area is 178 Å². The number of benzene rings is 1. The van der Waals surface area contributed by atoms with Crippen LogP contribution in [0, 0.1) is 0 Å². The van der Waals surface area contributed by atoms with E-state index in [1.54, 1.807) is 36.5 Å². The quantitative estimate of drug-likeness (QED) is 0.722. The van der Waals surface area contributed by atoms with Gasteiger partial charge in [-0.2, -0.15) is 0 Å². The van der Waals surface area contributed by atoms with Crippen molar-refractivity contribution in [2.45, 2.75) is 32.1 Å². The highest BCUT2D eigenvalue weighted by molar-refractivity contribution is 6.42. The summed E-state index contributed by atoms with van der Waals surface area (Å²) in [5.41, 5.74) is 3.22. The number of carbonyl (C=O) groups excluding carboxylic acids is 2. The Balaban J connectivity index is 1.84. The summed E-state index contributed by atoms with van der Waals surface area (Å²) in [6.45, 7) is 1.83. The van der Waals surface area contributed by atoms with Gasteiger partial charge in [-0.1, -0.05) is 41.4 Å². The van der Waals surface area contributed by atoms with Crippen molar-refractivity contribution < 1.29 is 9.59 Å². The van der Waals surface area contributed by atoms with Crippen molar-refractivity contribution in [1.29, 1.82) is 0 Å². The lowest BCUT2D eigenvalue weighted by atomic mass is 9.75. The topological polar surface area (TPSA) is 71.1 Å². The largest absolute Gasteiger partial charge is 0.362 e. The monoisotopic (exact) mass is 427 g/mol. The first-order valence-corrected chi connectivity index (χ1v) is 10.1. The van der Waals surface area contributed by atoms with Crippen LogP contribution in [0.4, 0.5) is 5.82 Å². The molecule has 1 atom stereocenters. The highest BCUT2D eigenvalue weighted by atomic mass is 35.5. The summed E-state index contributed by atoms with van der Waals surface area (Å²) in [4.78, 5) is 30.3. The molecule has 0 fully saturated rings. The molecule has 0 saturated heterocycles. The minimum Gasteiger partial charge on any atom is -0.362 e. The van der Waals surface area contributed by atoms with Gasteiger partial charge in [0.1, 0.15) is 5.82 Å². The lowest BCUT2D eigenvalue weighted by Crippen LogP contribution is -2.35. The molecule has 0 bridgehead atoms. The van der Waals surface area contributed by atoms with Gasteiger partial charge < -0.3 is 10.6 Å². The van der Waals surface area contributed by atoms with Crippen molar-refractivity contribution in [2.75, 3.05) is 5.32 Å². The molecule has 1 aliphatic carbocycles. The number of hydrogen-bond acceptors (Lipinski definition) is 4. The normalized spacial score (nSPS) is 19.0. The molecule has 0 spiro atoms. The highest BCUT2D eigenvalue weighted by Crippen LogP contribution is 2.45. The molecule has 2 N–H and O–H groups in total. The third-order valence-electron chi connectivity index (χ3n) is 5.22. The molecule has 0 unspecified atom stereocenters. The smallest absolute Gasteiger partial charge is 0.255 e. The van der Waals surface area contributed by atoms with Crippen LogP contribution in [-0.2, 0) is 9.59 Å². The number of amides is 1. The number of allylic oxidation sites excluding steroid dienone is 3. The van der Waals surface area contributed by atoms with E-state index in [0.717, 1.165) is 18.5 Å². The van der Waals surface area contributed by atoms with Crippen LogP contribution in [0.15, 0.2) is 65.1 Å². The predicted molar refractivity (Wildman–Crippen MR) is 114 cm³/mol. The number of ketones is 1. The maximum Gasteiger partial charge on any atom is 0.255 e. The van der Waals surface area contributed by atoms with Gasteiger partial charge in [0, 0.05) is 41.1 Å². The second-order valence-electron chi connectivity index (χ2n) is 7.08. The number of aromatic nitrogens is 1. The lowest BCUT2D eigenvalue weighted by Gasteiger charge is -2.35. The number of nitrogens with one attached hydrogen (secondary N) is 2. The lowest BCUT2D eigenvalue weighted by molar-refractivity contribution is -0.116. The average molecular weight is 428 g/mol. The number of Topliss-reactive ketones (excluding diaryl/α,β-unsaturated/α-hetero) is 1. The van der Waals surface area contributed by atoms with E-state index >= 15 is 0 Å². The Morgan fingerprint density at radius 2 is 2.00 bits per heavy atom. The molecule has 1 aromatic carbocycles. The number of dihydropyridines is 1. The van der Waals surface area contributed by atoms with Crippen LogP contribution in [0.2, 0.25) is 10.0 Å². The van der Waals surface area contributed by atoms with Crippen LogP contribution in [-0.4, -0.2) is 16.7 Å². The van der Waals surface area contributed by atoms with Crippen molar-refractivity contribution in [2.24, 2.45) is 0 Å². The molecule has 5 nitrogen and oxygen atoms in total. The Morgan fingerprint density at radius 3 is 2.76 bits per heavy atom. The van der Waals surface area contributed by atoms with Crippen molar-refractivity contribution >= 4 is 40.7 Å². The molecule has 0 radical (unpaired) electrons. The van der Waals surface area contributed by atoms with E-state index in [1.807, 2.05) is 13.0 Å². The van der Waals surface area contributed by atoms with Crippen molar-refractivity contribution in [3.8, 4) is 0 Å². The zero-order valence-corrected chi connectivity index (χ0v) is 17.3. The van der Waals surface area contributed by atoms with E-state index in [2.05, 4.69) is 15.6 Å². The Hall–Kier alpha value is -2.63. The first-order valence-electron chi connectivity index (χ1n) is 9.37. The van der Waals surface area contributed by atoms with Crippen LogP contribution < -0.4 is 10.6 Å². The fraction of sp³-hybridized carbons (Fsp3) is 0.227. The van der Waals surface area contributed by atoms with E-state index in [1.165, 1.54) is 0 Å². The van der Waals surface area contributed by atoms with Crippen LogP contribution in [0.3, 0.4) is 0 Å². The van der Waals surface area contributed by atoms with Crippen molar-refractivity contribution in [3.05, 3.63) is 80.7 Å². The van der Waals surface area contributed by atoms with E-state index in [0.29, 0.717) is 44.7 Å². The standard InChI is InChI=1S/C22H19Cl2N3O2/c1-12-18(22(29)27-17-10-2-3-11-25-17)19(13-6-4-7-14(23)21(13)24)20-15(26-12)8-5-9-16(20)28/h2-4,6-7,10-11,19,26H,5,8-9H2,1H3,(H,25,27,29)/t19-/m1/s1. The number of hydrogen-bond donors (Lipinski definition) is 2. The molecule has 2 aromatic rings. The third-order valence-corrected chi connectivity index (χ3v) is 6.05. The van der Waals surface area contributed by atoms with Gasteiger partial charge in [-0.25, -0.2) is 4.98 Å². The SMILES string of the molecule is CC1=C(C(=O)Nc2ccccn2)[C@@H](c2cccc(Cl)c2Cl)C2=C(CCCC2=O)N1. The third kappa shape index (κ3) is 3.68. The molecule has 148 valence electrons. The predicted octanol–water partition coefficient (Wildman–Crippen LogP) is 5.00. The molecular weight excluding hydrogens is 409 g/mol. The van der Waals surface area contributed by atoms with E-state index in [9.17, 15) is 9.59 Å². The van der Waals surface area contributed by atoms with E-state index < -0.39 is 5.92 Å². The van der Waals surface area contributed by atoms with Crippen LogP contribution in [0.5, 0.6) is 0 Å². The maximum atomic E-state index is 13.3. The number of anilines is 1. The summed E-state index contributed by atoms with van der Waals surface area (Å²) >= 11 is 12.8. The van der Waals surface area contributed by atoms with Crippen LogP contribution >= 0.6 is 23.2 Å². The second-order valence-corrected chi connectivity index (χ2v) is 7.86. The molecule has 1 aliphatic heterocycles. The fourth-order valence-electron chi connectivity index (χ4n) is 3.96.